The SMILES string of the molecule is N#Cc1ccc(NC(=O)Cc2ccc3c(c2)CCC(=O)N3)cc1. The van der Waals surface area contributed by atoms with Crippen molar-refractivity contribution in [1.82, 2.24) is 0 Å². The molecule has 0 aliphatic carbocycles. The highest BCUT2D eigenvalue weighted by molar-refractivity contribution is 5.95. The van der Waals surface area contributed by atoms with Gasteiger partial charge >= 0.3 is 0 Å². The predicted octanol–water partition coefficient (Wildman–Crippen LogP) is 2.62. The number of nitrogens with one attached hydrogen (secondary N) is 2. The van der Waals surface area contributed by atoms with Crippen molar-refractivity contribution < 1.29 is 9.59 Å². The molecule has 0 fully saturated rings. The number of anilines is 2. The molecule has 0 saturated heterocycles. The summed E-state index contributed by atoms with van der Waals surface area (Å²) < 4.78 is 0. The van der Waals surface area contributed by atoms with Crippen molar-refractivity contribution >= 4 is 23.2 Å². The fourth-order valence-electron chi connectivity index (χ4n) is 2.57. The number of amides is 2. The third kappa shape index (κ3) is 3.55. The molecule has 0 spiro atoms. The highest BCUT2D eigenvalue weighted by Crippen LogP contribution is 2.23. The first-order chi connectivity index (χ1) is 11.1. The first-order valence-corrected chi connectivity index (χ1v) is 7.36. The summed E-state index contributed by atoms with van der Waals surface area (Å²) in [4.78, 5) is 23.5. The Morgan fingerprint density at radius 1 is 1.17 bits per heavy atom. The van der Waals surface area contributed by atoms with Crippen molar-refractivity contribution in [3.05, 3.63) is 59.2 Å². The van der Waals surface area contributed by atoms with Crippen LogP contribution in [0.4, 0.5) is 11.4 Å². The van der Waals surface area contributed by atoms with E-state index < -0.39 is 0 Å². The van der Waals surface area contributed by atoms with Gasteiger partial charge in [-0.2, -0.15) is 5.26 Å². The van der Waals surface area contributed by atoms with E-state index in [-0.39, 0.29) is 18.2 Å². The third-order valence-electron chi connectivity index (χ3n) is 3.73. The summed E-state index contributed by atoms with van der Waals surface area (Å²) in [6.45, 7) is 0. The van der Waals surface area contributed by atoms with Crippen LogP contribution in [-0.2, 0) is 22.4 Å². The van der Waals surface area contributed by atoms with Crippen molar-refractivity contribution in [2.75, 3.05) is 10.6 Å². The molecule has 2 aromatic carbocycles. The molecule has 0 saturated carbocycles. The van der Waals surface area contributed by atoms with Crippen LogP contribution in [0.5, 0.6) is 0 Å². The summed E-state index contributed by atoms with van der Waals surface area (Å²) in [6, 6.07) is 14.4. The highest BCUT2D eigenvalue weighted by atomic mass is 16.2. The van der Waals surface area contributed by atoms with Gasteiger partial charge in [0.15, 0.2) is 0 Å². The molecule has 23 heavy (non-hydrogen) atoms. The molecular formula is C18H15N3O2. The maximum Gasteiger partial charge on any atom is 0.228 e. The minimum absolute atomic E-state index is 0.0313. The van der Waals surface area contributed by atoms with E-state index in [0.717, 1.165) is 16.8 Å². The molecule has 1 aliphatic heterocycles. The minimum atomic E-state index is -0.116. The zero-order valence-electron chi connectivity index (χ0n) is 12.4. The van der Waals surface area contributed by atoms with Gasteiger partial charge in [0.1, 0.15) is 0 Å². The monoisotopic (exact) mass is 305 g/mol. The van der Waals surface area contributed by atoms with Gasteiger partial charge in [0.25, 0.3) is 0 Å². The first kappa shape index (κ1) is 14.8. The van der Waals surface area contributed by atoms with E-state index in [1.807, 2.05) is 24.3 Å². The molecule has 5 nitrogen and oxygen atoms in total. The second-order valence-corrected chi connectivity index (χ2v) is 5.45. The van der Waals surface area contributed by atoms with Gasteiger partial charge in [-0.05, 0) is 47.9 Å². The average molecular weight is 305 g/mol. The van der Waals surface area contributed by atoms with Gasteiger partial charge in [-0.15, -0.1) is 0 Å². The zero-order valence-corrected chi connectivity index (χ0v) is 12.4. The molecule has 0 radical (unpaired) electrons. The summed E-state index contributed by atoms with van der Waals surface area (Å²) in [7, 11) is 0. The number of nitrogens with zero attached hydrogens (tertiary/aromatic N) is 1. The van der Waals surface area contributed by atoms with Gasteiger partial charge in [0.2, 0.25) is 11.8 Å². The van der Waals surface area contributed by atoms with Crippen LogP contribution in [0, 0.1) is 11.3 Å². The zero-order chi connectivity index (χ0) is 16.2. The number of hydrogen-bond acceptors (Lipinski definition) is 3. The second kappa shape index (κ2) is 6.32. The topological polar surface area (TPSA) is 82.0 Å². The van der Waals surface area contributed by atoms with Crippen LogP contribution in [0.15, 0.2) is 42.5 Å². The van der Waals surface area contributed by atoms with Crippen molar-refractivity contribution in [3.63, 3.8) is 0 Å². The molecule has 1 aliphatic rings. The van der Waals surface area contributed by atoms with Crippen LogP contribution in [-0.4, -0.2) is 11.8 Å². The van der Waals surface area contributed by atoms with Crippen molar-refractivity contribution in [1.29, 1.82) is 5.26 Å². The molecule has 1 heterocycles. The molecule has 114 valence electrons. The van der Waals surface area contributed by atoms with Crippen LogP contribution in [0.2, 0.25) is 0 Å². The Morgan fingerprint density at radius 2 is 1.96 bits per heavy atom. The van der Waals surface area contributed by atoms with E-state index in [0.29, 0.717) is 24.1 Å². The molecule has 3 rings (SSSR count). The Kier molecular flexibility index (Phi) is 4.07. The summed E-state index contributed by atoms with van der Waals surface area (Å²) >= 11 is 0. The molecule has 0 atom stereocenters. The molecular weight excluding hydrogens is 290 g/mol. The number of carbonyl (C=O) groups is 2. The number of aryl methyl sites for hydroxylation is 1. The van der Waals surface area contributed by atoms with Gasteiger partial charge < -0.3 is 10.6 Å². The lowest BCUT2D eigenvalue weighted by Gasteiger charge is -2.17. The smallest absolute Gasteiger partial charge is 0.228 e. The summed E-state index contributed by atoms with van der Waals surface area (Å²) in [5.74, 6) is -0.0849. The van der Waals surface area contributed by atoms with Gasteiger partial charge in [-0.25, -0.2) is 0 Å². The number of rotatable bonds is 3. The van der Waals surface area contributed by atoms with E-state index >= 15 is 0 Å². The number of carbonyl (C=O) groups excluding carboxylic acids is 2. The standard InChI is InChI=1S/C18H15N3O2/c19-11-12-1-5-15(6-2-12)20-18(23)10-13-3-7-16-14(9-13)4-8-17(22)21-16/h1-3,5-7,9H,4,8,10H2,(H,20,23)(H,21,22). The lowest BCUT2D eigenvalue weighted by Crippen LogP contribution is -2.19. The van der Waals surface area contributed by atoms with Crippen LogP contribution < -0.4 is 10.6 Å². The molecule has 0 unspecified atom stereocenters. The fraction of sp³-hybridized carbons (Fsp3) is 0.167. The van der Waals surface area contributed by atoms with Crippen molar-refractivity contribution in [2.45, 2.75) is 19.3 Å². The lowest BCUT2D eigenvalue weighted by molar-refractivity contribution is -0.117. The van der Waals surface area contributed by atoms with Crippen LogP contribution in [0.1, 0.15) is 23.1 Å². The van der Waals surface area contributed by atoms with Crippen LogP contribution in [0.25, 0.3) is 0 Å². The number of benzene rings is 2. The second-order valence-electron chi connectivity index (χ2n) is 5.45. The van der Waals surface area contributed by atoms with E-state index in [9.17, 15) is 9.59 Å². The van der Waals surface area contributed by atoms with E-state index in [1.165, 1.54) is 0 Å². The third-order valence-corrected chi connectivity index (χ3v) is 3.73. The van der Waals surface area contributed by atoms with Gasteiger partial charge in [0.05, 0.1) is 18.1 Å². The Morgan fingerprint density at radius 3 is 2.70 bits per heavy atom. The quantitative estimate of drug-likeness (QED) is 0.914. The molecule has 2 aromatic rings. The molecule has 2 N–H and O–H groups in total. The molecule has 0 bridgehead atoms. The van der Waals surface area contributed by atoms with Gasteiger partial charge in [0, 0.05) is 17.8 Å². The van der Waals surface area contributed by atoms with E-state index in [1.54, 1.807) is 24.3 Å². The Labute approximate surface area is 133 Å². The highest BCUT2D eigenvalue weighted by Gasteiger charge is 2.15. The number of hydrogen-bond donors (Lipinski definition) is 2. The average Bonchev–Trinajstić information content (AvgIpc) is 2.55. The molecule has 5 heteroatoms. The number of fused-ring (bicyclic) bond motifs is 1. The Balaban J connectivity index is 1.65. The Hall–Kier alpha value is -3.13. The maximum absolute atomic E-state index is 12.1. The van der Waals surface area contributed by atoms with E-state index in [2.05, 4.69) is 10.6 Å². The normalized spacial score (nSPS) is 12.7. The first-order valence-electron chi connectivity index (χ1n) is 7.36. The number of nitriles is 1. The molecule has 2 amide bonds. The van der Waals surface area contributed by atoms with Crippen molar-refractivity contribution in [3.8, 4) is 6.07 Å². The minimum Gasteiger partial charge on any atom is -0.326 e. The van der Waals surface area contributed by atoms with Crippen LogP contribution in [0.3, 0.4) is 0 Å². The predicted molar refractivity (Wildman–Crippen MR) is 86.9 cm³/mol. The lowest BCUT2D eigenvalue weighted by atomic mass is 9.99. The van der Waals surface area contributed by atoms with Gasteiger partial charge in [-0.1, -0.05) is 12.1 Å². The summed E-state index contributed by atoms with van der Waals surface area (Å²) in [5.41, 5.74) is 4.02. The maximum atomic E-state index is 12.1. The molecule has 0 aromatic heterocycles. The van der Waals surface area contributed by atoms with Gasteiger partial charge in [-0.3, -0.25) is 9.59 Å². The summed E-state index contributed by atoms with van der Waals surface area (Å²) in [6.07, 6.45) is 1.45. The summed E-state index contributed by atoms with van der Waals surface area (Å²) in [5, 5.41) is 14.4. The largest absolute Gasteiger partial charge is 0.326 e. The van der Waals surface area contributed by atoms with Crippen molar-refractivity contribution in [2.24, 2.45) is 0 Å². The fourth-order valence-corrected chi connectivity index (χ4v) is 2.57. The van der Waals surface area contributed by atoms with E-state index in [4.69, 9.17) is 5.26 Å². The Bertz CT molecular complexity index is 804. The van der Waals surface area contributed by atoms with Crippen LogP contribution >= 0.6 is 0 Å².